The lowest BCUT2D eigenvalue weighted by Crippen LogP contribution is -2.01. The van der Waals surface area contributed by atoms with Crippen molar-refractivity contribution in [3.8, 4) is 0 Å². The number of halogens is 2. The summed E-state index contributed by atoms with van der Waals surface area (Å²) in [5.74, 6) is 0. The van der Waals surface area contributed by atoms with Crippen LogP contribution in [0.5, 0.6) is 0 Å². The highest BCUT2D eigenvalue weighted by atomic mass is 35.5. The maximum Gasteiger partial charge on any atom is 0.401 e. The van der Waals surface area contributed by atoms with Gasteiger partial charge in [0.2, 0.25) is 0 Å². The van der Waals surface area contributed by atoms with E-state index in [2.05, 4.69) is 23.2 Å². The Hall–Kier alpha value is -0.560. The van der Waals surface area contributed by atoms with Gasteiger partial charge < -0.3 is 20.4 Å². The number of rotatable bonds is 2. The molecule has 0 aromatic rings. The summed E-state index contributed by atoms with van der Waals surface area (Å²) >= 11 is 8.38. The SMILES string of the molecule is CCCC(O)O.O=C(O)Cl.O=C(O)Cl. The molecule has 0 amide bonds. The number of hydrogen-bond donors (Lipinski definition) is 4. The molecule has 8 heteroatoms. The van der Waals surface area contributed by atoms with E-state index in [1.807, 2.05) is 6.92 Å². The summed E-state index contributed by atoms with van der Waals surface area (Å²) in [5.41, 5.74) is -2.72. The molecule has 0 radical (unpaired) electrons. The molecule has 0 atom stereocenters. The molecule has 6 nitrogen and oxygen atoms in total. The zero-order valence-electron chi connectivity index (χ0n) is 7.35. The average molecular weight is 251 g/mol. The quantitative estimate of drug-likeness (QED) is 0.440. The third kappa shape index (κ3) is 209. The normalized spacial score (nSPS) is 7.86. The van der Waals surface area contributed by atoms with E-state index >= 15 is 0 Å². The van der Waals surface area contributed by atoms with Gasteiger partial charge in [0.15, 0.2) is 6.29 Å². The van der Waals surface area contributed by atoms with Gasteiger partial charge in [-0.05, 0) is 6.42 Å². The highest BCUT2D eigenvalue weighted by Gasteiger charge is 1.89. The van der Waals surface area contributed by atoms with Crippen molar-refractivity contribution in [1.29, 1.82) is 0 Å². The summed E-state index contributed by atoms with van der Waals surface area (Å²) in [6.07, 6.45) is 0.215. The molecule has 0 rings (SSSR count). The van der Waals surface area contributed by atoms with Crippen LogP contribution in [0.4, 0.5) is 9.59 Å². The van der Waals surface area contributed by atoms with Crippen molar-refractivity contribution in [2.45, 2.75) is 26.1 Å². The second-order valence-corrected chi connectivity index (χ2v) is 2.42. The van der Waals surface area contributed by atoms with Gasteiger partial charge in [0, 0.05) is 23.2 Å². The van der Waals surface area contributed by atoms with E-state index in [1.165, 1.54) is 0 Å². The van der Waals surface area contributed by atoms with Crippen LogP contribution in [0.1, 0.15) is 19.8 Å². The summed E-state index contributed by atoms with van der Waals surface area (Å²) in [6.45, 7) is 1.90. The van der Waals surface area contributed by atoms with Crippen LogP contribution in [0.15, 0.2) is 0 Å². The first-order chi connectivity index (χ1) is 6.23. The van der Waals surface area contributed by atoms with E-state index in [4.69, 9.17) is 30.0 Å². The molecular formula is C6H12Cl2O6. The number of aliphatic hydroxyl groups is 2. The van der Waals surface area contributed by atoms with Gasteiger partial charge in [0.05, 0.1) is 0 Å². The molecule has 0 fully saturated rings. The lowest BCUT2D eigenvalue weighted by molar-refractivity contribution is -0.0453. The molecule has 0 spiro atoms. The van der Waals surface area contributed by atoms with E-state index < -0.39 is 17.1 Å². The molecule has 0 aromatic heterocycles. The minimum atomic E-state index is -1.36. The van der Waals surface area contributed by atoms with Gasteiger partial charge in [0.1, 0.15) is 0 Å². The van der Waals surface area contributed by atoms with Crippen LogP contribution < -0.4 is 0 Å². The molecule has 0 unspecified atom stereocenters. The van der Waals surface area contributed by atoms with Crippen molar-refractivity contribution in [3.05, 3.63) is 0 Å². The van der Waals surface area contributed by atoms with Crippen molar-refractivity contribution >= 4 is 34.1 Å². The molecule has 0 heterocycles. The fourth-order valence-corrected chi connectivity index (χ4v) is 0.258. The lowest BCUT2D eigenvalue weighted by Gasteiger charge is -1.94. The second kappa shape index (κ2) is 14.9. The molecule has 0 saturated carbocycles. The molecular weight excluding hydrogens is 239 g/mol. The van der Waals surface area contributed by atoms with Gasteiger partial charge in [-0.15, -0.1) is 0 Å². The van der Waals surface area contributed by atoms with Crippen LogP contribution in [0.3, 0.4) is 0 Å². The lowest BCUT2D eigenvalue weighted by atomic mass is 10.3. The topological polar surface area (TPSA) is 115 Å². The Morgan fingerprint density at radius 2 is 1.36 bits per heavy atom. The minimum Gasteiger partial charge on any atom is -0.469 e. The van der Waals surface area contributed by atoms with Crippen LogP contribution in [-0.2, 0) is 0 Å². The number of carbonyl (C=O) groups is 2. The van der Waals surface area contributed by atoms with Gasteiger partial charge >= 0.3 is 10.9 Å². The van der Waals surface area contributed by atoms with Gasteiger partial charge in [0.25, 0.3) is 0 Å². The summed E-state index contributed by atoms with van der Waals surface area (Å²) in [4.78, 5) is 17.5. The van der Waals surface area contributed by atoms with Crippen LogP contribution in [-0.4, -0.2) is 37.6 Å². The number of aliphatic hydroxyl groups excluding tert-OH is 1. The van der Waals surface area contributed by atoms with Crippen LogP contribution in [0.2, 0.25) is 0 Å². The minimum absolute atomic E-state index is 0.486. The molecule has 0 aromatic carbocycles. The van der Waals surface area contributed by atoms with Crippen molar-refractivity contribution < 1.29 is 30.0 Å². The van der Waals surface area contributed by atoms with Crippen LogP contribution in [0, 0.1) is 0 Å². The molecule has 86 valence electrons. The predicted molar refractivity (Wildman–Crippen MR) is 50.9 cm³/mol. The Kier molecular flexibility index (Phi) is 20.4. The van der Waals surface area contributed by atoms with Crippen molar-refractivity contribution in [2.75, 3.05) is 0 Å². The Labute approximate surface area is 90.7 Å². The van der Waals surface area contributed by atoms with Gasteiger partial charge in [-0.1, -0.05) is 13.3 Å². The van der Waals surface area contributed by atoms with Gasteiger partial charge in [-0.25, -0.2) is 9.59 Å². The largest absolute Gasteiger partial charge is 0.469 e. The van der Waals surface area contributed by atoms with Gasteiger partial charge in [-0.3, -0.25) is 0 Å². The number of carboxylic acid groups (broad SMARTS) is 2. The third-order valence-electron chi connectivity index (χ3n) is 0.547. The maximum atomic E-state index is 8.77. The molecule has 0 saturated heterocycles. The first-order valence-electron chi connectivity index (χ1n) is 3.37. The first-order valence-corrected chi connectivity index (χ1v) is 4.12. The standard InChI is InChI=1S/C4H10O2.2CHClO2/c1-2-3-4(5)6;2*2-1(3)4/h4-6H,2-3H2,1H3;2*(H,3,4). The first kappa shape index (κ1) is 19.1. The van der Waals surface area contributed by atoms with Crippen LogP contribution in [0.25, 0.3) is 0 Å². The zero-order valence-corrected chi connectivity index (χ0v) is 8.86. The van der Waals surface area contributed by atoms with E-state index in [9.17, 15) is 0 Å². The van der Waals surface area contributed by atoms with E-state index in [0.717, 1.165) is 6.42 Å². The Morgan fingerprint density at radius 1 is 1.14 bits per heavy atom. The van der Waals surface area contributed by atoms with Gasteiger partial charge in [-0.2, -0.15) is 0 Å². The van der Waals surface area contributed by atoms with Crippen molar-refractivity contribution in [2.24, 2.45) is 0 Å². The predicted octanol–water partition coefficient (Wildman–Crippen LogP) is 1.90. The fraction of sp³-hybridized carbons (Fsp3) is 0.667. The highest BCUT2D eigenvalue weighted by Crippen LogP contribution is 1.88. The van der Waals surface area contributed by atoms with E-state index in [0.29, 0.717) is 6.42 Å². The Bertz CT molecular complexity index is 129. The summed E-state index contributed by atoms with van der Waals surface area (Å²) in [6, 6.07) is 0. The third-order valence-corrected chi connectivity index (χ3v) is 0.547. The van der Waals surface area contributed by atoms with Crippen molar-refractivity contribution in [3.63, 3.8) is 0 Å². The summed E-state index contributed by atoms with van der Waals surface area (Å²) < 4.78 is 0. The molecule has 14 heavy (non-hydrogen) atoms. The van der Waals surface area contributed by atoms with E-state index in [-0.39, 0.29) is 0 Å². The number of hydrogen-bond acceptors (Lipinski definition) is 4. The molecule has 0 aliphatic heterocycles. The monoisotopic (exact) mass is 250 g/mol. The molecule has 0 aliphatic rings. The summed E-state index contributed by atoms with van der Waals surface area (Å²) in [7, 11) is 0. The molecule has 0 bridgehead atoms. The molecule has 0 aliphatic carbocycles. The fourth-order valence-electron chi connectivity index (χ4n) is 0.258. The second-order valence-electron chi connectivity index (χ2n) is 1.78. The average Bonchev–Trinajstić information content (AvgIpc) is 1.82. The van der Waals surface area contributed by atoms with Crippen LogP contribution >= 0.6 is 23.2 Å². The smallest absolute Gasteiger partial charge is 0.401 e. The molecule has 4 N–H and O–H groups in total. The highest BCUT2D eigenvalue weighted by molar-refractivity contribution is 6.60. The Morgan fingerprint density at radius 3 is 1.36 bits per heavy atom. The van der Waals surface area contributed by atoms with E-state index in [1.54, 1.807) is 0 Å². The van der Waals surface area contributed by atoms with Crippen molar-refractivity contribution in [1.82, 2.24) is 0 Å². The summed E-state index contributed by atoms with van der Waals surface area (Å²) in [5, 5.41) is 30.6. The Balaban J connectivity index is -0.000000135. The zero-order chi connectivity index (χ0) is 12.1. The maximum absolute atomic E-state index is 8.77.